The summed E-state index contributed by atoms with van der Waals surface area (Å²) in [5.41, 5.74) is -0.00341. The number of carbonyl (C=O) groups excluding carboxylic acids is 2. The number of rotatable bonds is 12. The van der Waals surface area contributed by atoms with Crippen molar-refractivity contribution in [3.63, 3.8) is 0 Å². The molecule has 1 unspecified atom stereocenters. The number of nitrogens with one attached hydrogen (secondary N) is 1. The lowest BCUT2D eigenvalue weighted by molar-refractivity contribution is -0.150. The summed E-state index contributed by atoms with van der Waals surface area (Å²) in [4.78, 5) is 24.1. The summed E-state index contributed by atoms with van der Waals surface area (Å²) in [6.07, 6.45) is 5.69. The number of esters is 2. The van der Waals surface area contributed by atoms with Crippen LogP contribution in [0.4, 0.5) is 0 Å². The van der Waals surface area contributed by atoms with E-state index >= 15 is 0 Å². The Labute approximate surface area is 156 Å². The highest BCUT2D eigenvalue weighted by atomic mass is 16.6. The number of unbranched alkanes of at least 4 members (excludes halogenated alkanes) is 3. The Morgan fingerprint density at radius 2 is 2.00 bits per heavy atom. The number of carbonyl (C=O) groups is 2. The maximum absolute atomic E-state index is 12.1. The van der Waals surface area contributed by atoms with Gasteiger partial charge in [-0.15, -0.1) is 5.11 Å². The van der Waals surface area contributed by atoms with E-state index in [1.54, 1.807) is 0 Å². The van der Waals surface area contributed by atoms with Gasteiger partial charge in [0, 0.05) is 12.9 Å². The van der Waals surface area contributed by atoms with Crippen molar-refractivity contribution in [2.24, 2.45) is 22.1 Å². The molecule has 0 heterocycles. The van der Waals surface area contributed by atoms with Gasteiger partial charge in [-0.25, -0.2) is 4.79 Å². The lowest BCUT2D eigenvalue weighted by Gasteiger charge is -2.17. The van der Waals surface area contributed by atoms with E-state index in [2.05, 4.69) is 23.8 Å². The third-order valence-electron chi connectivity index (χ3n) is 4.16. The first kappa shape index (κ1) is 21.8. The molecule has 8 nitrogen and oxygen atoms in total. The fourth-order valence-electron chi connectivity index (χ4n) is 2.52. The number of amidine groups is 1. The summed E-state index contributed by atoms with van der Waals surface area (Å²) in [6.45, 7) is 7.58. The quantitative estimate of drug-likeness (QED) is 0.0793. The second kappa shape index (κ2) is 11.4. The van der Waals surface area contributed by atoms with E-state index in [9.17, 15) is 9.59 Å². The average molecular weight is 368 g/mol. The van der Waals surface area contributed by atoms with Gasteiger partial charge in [-0.2, -0.15) is 0 Å². The minimum Gasteiger partial charge on any atom is -0.462 e. The molecule has 0 aliphatic heterocycles. The molecule has 0 spiro atoms. The average Bonchev–Trinajstić information content (AvgIpc) is 3.41. The zero-order chi connectivity index (χ0) is 19.5. The number of nitrogens with zero attached hydrogens (tertiary/aromatic N) is 2. The first-order chi connectivity index (χ1) is 12.4. The molecule has 2 atom stereocenters. The van der Waals surface area contributed by atoms with Gasteiger partial charge < -0.3 is 15.3 Å². The Kier molecular flexibility index (Phi) is 9.54. The largest absolute Gasteiger partial charge is 0.462 e. The predicted molar refractivity (Wildman–Crippen MR) is 99.6 cm³/mol. The predicted octanol–water partition coefficient (Wildman–Crippen LogP) is 3.71. The van der Waals surface area contributed by atoms with Crippen molar-refractivity contribution >= 4 is 17.8 Å². The Hall–Kier alpha value is -2.25. The van der Waals surface area contributed by atoms with Crippen molar-refractivity contribution in [2.45, 2.75) is 77.4 Å². The van der Waals surface area contributed by atoms with Crippen LogP contribution >= 0.6 is 0 Å². The van der Waals surface area contributed by atoms with Gasteiger partial charge >= 0.3 is 11.9 Å². The van der Waals surface area contributed by atoms with E-state index in [4.69, 9.17) is 20.7 Å². The minimum atomic E-state index is -0.806. The number of nitrogens with two attached hydrogens (primary N) is 1. The van der Waals surface area contributed by atoms with Gasteiger partial charge in [0.2, 0.25) is 0 Å². The number of hydrogen-bond donors (Lipinski definition) is 2. The van der Waals surface area contributed by atoms with Gasteiger partial charge in [0.05, 0.1) is 12.5 Å². The van der Waals surface area contributed by atoms with Gasteiger partial charge in [-0.1, -0.05) is 38.0 Å². The molecule has 1 fully saturated rings. The van der Waals surface area contributed by atoms with Crippen LogP contribution in [-0.2, 0) is 19.1 Å². The van der Waals surface area contributed by atoms with Crippen molar-refractivity contribution < 1.29 is 20.5 Å². The molecule has 1 aliphatic carbocycles. The van der Waals surface area contributed by atoms with Gasteiger partial charge in [0.15, 0.2) is 11.9 Å². The molecule has 26 heavy (non-hydrogen) atoms. The van der Waals surface area contributed by atoms with Crippen LogP contribution in [0.1, 0.15) is 66.6 Å². The Morgan fingerprint density at radius 1 is 1.31 bits per heavy atom. The van der Waals surface area contributed by atoms with Crippen LogP contribution in [0.3, 0.4) is 0 Å². The molecule has 148 valence electrons. The van der Waals surface area contributed by atoms with Crippen molar-refractivity contribution in [2.75, 3.05) is 0 Å². The molecule has 0 aromatic rings. The standard InChI is InChI=1S/C18H30N4O4.H2/c1-4-5-6-7-8-13(3)25-15(23)11-12(2)18(24)26-16(14-9-10-14)17(19)21-22-20;/h13-14,16H,2,4-11H2,1,3H3,(H3,19,20,21);1H/t13-,16?;/m0./s1. The van der Waals surface area contributed by atoms with Crippen LogP contribution in [0.25, 0.3) is 0 Å². The Balaban J connectivity index is 0.00000676. The fourth-order valence-corrected chi connectivity index (χ4v) is 2.52. The van der Waals surface area contributed by atoms with Crippen molar-refractivity contribution in [1.82, 2.24) is 0 Å². The van der Waals surface area contributed by atoms with E-state index in [0.717, 1.165) is 38.5 Å². The maximum Gasteiger partial charge on any atom is 0.334 e. The summed E-state index contributed by atoms with van der Waals surface area (Å²) >= 11 is 0. The molecule has 0 bridgehead atoms. The molecule has 0 saturated heterocycles. The van der Waals surface area contributed by atoms with E-state index in [1.165, 1.54) is 6.42 Å². The first-order valence-electron chi connectivity index (χ1n) is 9.16. The van der Waals surface area contributed by atoms with Crippen LogP contribution in [0.5, 0.6) is 0 Å². The molecular formula is C18H32N4O4. The zero-order valence-corrected chi connectivity index (χ0v) is 15.7. The minimum absolute atomic E-state index is 0. The molecule has 8 heteroatoms. The van der Waals surface area contributed by atoms with Crippen LogP contribution < -0.4 is 5.84 Å². The molecule has 0 radical (unpaired) electrons. The highest BCUT2D eigenvalue weighted by Gasteiger charge is 2.38. The molecule has 1 saturated carbocycles. The number of ether oxygens (including phenoxy) is 2. The summed E-state index contributed by atoms with van der Waals surface area (Å²) < 4.78 is 10.6. The third kappa shape index (κ3) is 8.22. The lowest BCUT2D eigenvalue weighted by atomic mass is 10.1. The van der Waals surface area contributed by atoms with Crippen LogP contribution in [0.2, 0.25) is 0 Å². The Morgan fingerprint density at radius 3 is 2.58 bits per heavy atom. The fraction of sp³-hybridized carbons (Fsp3) is 0.722. The van der Waals surface area contributed by atoms with Gasteiger partial charge in [0.1, 0.15) is 0 Å². The van der Waals surface area contributed by atoms with Crippen LogP contribution in [0, 0.1) is 11.3 Å². The number of hydrogen-bond acceptors (Lipinski definition) is 6. The molecule has 0 aromatic carbocycles. The topological polar surface area (TPSA) is 127 Å². The highest BCUT2D eigenvalue weighted by Crippen LogP contribution is 2.35. The second-order valence-electron chi connectivity index (χ2n) is 6.69. The summed E-state index contributed by atoms with van der Waals surface area (Å²) in [5.74, 6) is 3.54. The maximum atomic E-state index is 12.1. The zero-order valence-electron chi connectivity index (χ0n) is 15.7. The van der Waals surface area contributed by atoms with E-state index in [0.29, 0.717) is 0 Å². The summed E-state index contributed by atoms with van der Waals surface area (Å²) in [6, 6.07) is 0. The van der Waals surface area contributed by atoms with Crippen molar-refractivity contribution in [3.05, 3.63) is 12.2 Å². The second-order valence-corrected chi connectivity index (χ2v) is 6.69. The SMILES string of the molecule is C=C(CC(=O)O[C@@H](C)CCCCCC)C(=O)OC(C(=N)N=NN)C1CC1.[HH]. The van der Waals surface area contributed by atoms with E-state index in [1.807, 2.05) is 6.92 Å². The van der Waals surface area contributed by atoms with Crippen molar-refractivity contribution in [1.29, 1.82) is 5.41 Å². The molecule has 1 aliphatic rings. The molecular weight excluding hydrogens is 336 g/mol. The monoisotopic (exact) mass is 368 g/mol. The normalized spacial score (nSPS) is 16.1. The van der Waals surface area contributed by atoms with Gasteiger partial charge in [0.25, 0.3) is 0 Å². The van der Waals surface area contributed by atoms with Crippen LogP contribution in [-0.4, -0.2) is 30.0 Å². The van der Waals surface area contributed by atoms with E-state index < -0.39 is 18.0 Å². The lowest BCUT2D eigenvalue weighted by Crippen LogP contribution is -2.29. The Bertz CT molecular complexity index is 549. The summed E-state index contributed by atoms with van der Waals surface area (Å²) in [5, 5.41) is 14.2. The van der Waals surface area contributed by atoms with E-state index in [-0.39, 0.29) is 31.3 Å². The molecule has 3 N–H and O–H groups in total. The summed E-state index contributed by atoms with van der Waals surface area (Å²) in [7, 11) is 0. The molecule has 0 amide bonds. The smallest absolute Gasteiger partial charge is 0.334 e. The van der Waals surface area contributed by atoms with Gasteiger partial charge in [-0.3, -0.25) is 10.2 Å². The highest BCUT2D eigenvalue weighted by molar-refractivity contribution is 5.95. The third-order valence-corrected chi connectivity index (χ3v) is 4.16. The molecule has 1 rings (SSSR count). The first-order valence-corrected chi connectivity index (χ1v) is 9.16. The van der Waals surface area contributed by atoms with Crippen molar-refractivity contribution in [3.8, 4) is 0 Å². The van der Waals surface area contributed by atoms with Crippen LogP contribution in [0.15, 0.2) is 22.5 Å². The molecule has 0 aromatic heterocycles. The van der Waals surface area contributed by atoms with Gasteiger partial charge in [-0.05, 0) is 32.6 Å².